The van der Waals surface area contributed by atoms with Crippen LogP contribution in [0.4, 0.5) is 0 Å². The van der Waals surface area contributed by atoms with E-state index >= 15 is 0 Å². The summed E-state index contributed by atoms with van der Waals surface area (Å²) < 4.78 is 0. The normalized spacial score (nSPS) is 14.0. The average Bonchev–Trinajstić information content (AvgIpc) is 3.20. The molecule has 2 aromatic carbocycles. The molecule has 0 spiro atoms. The lowest BCUT2D eigenvalue weighted by Gasteiger charge is -2.37. The highest BCUT2D eigenvalue weighted by Crippen LogP contribution is 2.34. The van der Waals surface area contributed by atoms with Crippen molar-refractivity contribution in [2.75, 3.05) is 13.1 Å². The van der Waals surface area contributed by atoms with Crippen LogP contribution >= 0.6 is 0 Å². The molecule has 0 aliphatic carbocycles. The lowest BCUT2D eigenvalue weighted by atomic mass is 9.95. The minimum absolute atomic E-state index is 0.0343. The molecule has 1 fully saturated rings. The molecule has 8 heteroatoms. The first-order valence-electron chi connectivity index (χ1n) is 9.92. The molecule has 8 nitrogen and oxygen atoms in total. The molecular weight excluding hydrogens is 392 g/mol. The van der Waals surface area contributed by atoms with Gasteiger partial charge in [-0.2, -0.15) is 5.10 Å². The summed E-state index contributed by atoms with van der Waals surface area (Å²) in [6.45, 7) is 6.53. The van der Waals surface area contributed by atoms with Crippen LogP contribution in [0.15, 0.2) is 49.2 Å². The lowest BCUT2D eigenvalue weighted by molar-refractivity contribution is -0.130. The summed E-state index contributed by atoms with van der Waals surface area (Å²) in [5.41, 5.74) is 10.5. The lowest BCUT2D eigenvalue weighted by Crippen LogP contribution is -2.48. The molecule has 3 heterocycles. The van der Waals surface area contributed by atoms with Crippen molar-refractivity contribution in [2.45, 2.75) is 12.8 Å². The van der Waals surface area contributed by atoms with Crippen LogP contribution in [0, 0.1) is 6.92 Å². The van der Waals surface area contributed by atoms with Gasteiger partial charge in [0.25, 0.3) is 5.91 Å². The molecule has 0 bridgehead atoms. The van der Waals surface area contributed by atoms with Crippen LogP contribution in [0.1, 0.15) is 27.8 Å². The molecule has 0 radical (unpaired) electrons. The number of H-pyrrole nitrogens is 1. The fraction of sp³-hybridized carbons (Fsp3) is 0.174. The van der Waals surface area contributed by atoms with Crippen molar-refractivity contribution < 1.29 is 9.59 Å². The number of carbonyl (C=O) groups is 2. The van der Waals surface area contributed by atoms with E-state index in [1.165, 1.54) is 6.08 Å². The molecule has 31 heavy (non-hydrogen) atoms. The van der Waals surface area contributed by atoms with Crippen LogP contribution in [0.5, 0.6) is 0 Å². The van der Waals surface area contributed by atoms with Crippen molar-refractivity contribution in [3.63, 3.8) is 0 Å². The third kappa shape index (κ3) is 3.04. The first-order chi connectivity index (χ1) is 15.0. The van der Waals surface area contributed by atoms with Crippen LogP contribution in [0.25, 0.3) is 32.9 Å². The number of aromatic nitrogens is 4. The number of aryl methyl sites for hydroxylation is 1. The number of nitrogens with one attached hydrogen (secondary N) is 1. The number of amides is 2. The Labute approximate surface area is 177 Å². The first-order valence-corrected chi connectivity index (χ1v) is 9.92. The molecule has 3 N–H and O–H groups in total. The second kappa shape index (κ2) is 7.02. The Morgan fingerprint density at radius 1 is 1.19 bits per heavy atom. The summed E-state index contributed by atoms with van der Waals surface area (Å²) in [5.74, 6) is -0.244. The van der Waals surface area contributed by atoms with Crippen molar-refractivity contribution in [3.05, 3.63) is 66.3 Å². The zero-order valence-corrected chi connectivity index (χ0v) is 16.9. The predicted octanol–water partition coefficient (Wildman–Crippen LogP) is 2.69. The molecule has 2 amide bonds. The van der Waals surface area contributed by atoms with Gasteiger partial charge in [0, 0.05) is 23.9 Å². The number of nitrogens with two attached hydrogens (primary N) is 1. The Hall–Kier alpha value is -4.07. The van der Waals surface area contributed by atoms with E-state index in [1.54, 1.807) is 11.1 Å². The van der Waals surface area contributed by atoms with Gasteiger partial charge in [-0.05, 0) is 47.9 Å². The van der Waals surface area contributed by atoms with Gasteiger partial charge in [-0.15, -0.1) is 0 Å². The van der Waals surface area contributed by atoms with Gasteiger partial charge in [-0.1, -0.05) is 18.7 Å². The van der Waals surface area contributed by atoms with Gasteiger partial charge in [0.15, 0.2) is 0 Å². The number of primary amides is 1. The maximum Gasteiger partial charge on any atom is 0.268 e. The zero-order valence-electron chi connectivity index (χ0n) is 16.9. The summed E-state index contributed by atoms with van der Waals surface area (Å²) in [7, 11) is 0. The molecular formula is C23H20N6O2. The highest BCUT2D eigenvalue weighted by Gasteiger charge is 2.33. The minimum atomic E-state index is -0.609. The predicted molar refractivity (Wildman–Crippen MR) is 117 cm³/mol. The highest BCUT2D eigenvalue weighted by molar-refractivity contribution is 6.06. The van der Waals surface area contributed by atoms with E-state index in [0.717, 1.165) is 27.6 Å². The molecule has 2 aromatic heterocycles. The number of likely N-dealkylation sites (tertiary alicyclic amines) is 1. The Morgan fingerprint density at radius 3 is 2.74 bits per heavy atom. The van der Waals surface area contributed by atoms with Crippen LogP contribution in [-0.4, -0.2) is 50.0 Å². The fourth-order valence-electron chi connectivity index (χ4n) is 4.13. The number of fused-ring (bicyclic) bond motifs is 2. The molecule has 1 saturated heterocycles. The van der Waals surface area contributed by atoms with Crippen molar-refractivity contribution in [3.8, 4) is 11.1 Å². The number of hydrogen-bond donors (Lipinski definition) is 2. The van der Waals surface area contributed by atoms with E-state index < -0.39 is 5.91 Å². The number of carbonyl (C=O) groups excluding carboxylic acids is 2. The summed E-state index contributed by atoms with van der Waals surface area (Å²) >= 11 is 0. The molecule has 0 unspecified atom stereocenters. The smallest absolute Gasteiger partial charge is 0.268 e. The number of nitrogens with zero attached hydrogens (tertiary/aromatic N) is 4. The van der Waals surface area contributed by atoms with Gasteiger partial charge in [0.05, 0.1) is 23.1 Å². The van der Waals surface area contributed by atoms with Crippen molar-refractivity contribution >= 4 is 33.6 Å². The minimum Gasteiger partial charge on any atom is -0.364 e. The third-order valence-corrected chi connectivity index (χ3v) is 5.80. The average molecular weight is 412 g/mol. The van der Waals surface area contributed by atoms with E-state index in [1.807, 2.05) is 37.3 Å². The molecule has 0 atom stereocenters. The van der Waals surface area contributed by atoms with Crippen LogP contribution in [-0.2, 0) is 4.79 Å². The number of hydrogen-bond acceptors (Lipinski definition) is 5. The molecule has 1 aliphatic heterocycles. The highest BCUT2D eigenvalue weighted by atomic mass is 16.2. The summed E-state index contributed by atoms with van der Waals surface area (Å²) in [4.78, 5) is 34.8. The van der Waals surface area contributed by atoms with Crippen molar-refractivity contribution in [1.29, 1.82) is 0 Å². The molecule has 0 saturated carbocycles. The molecule has 1 aliphatic rings. The van der Waals surface area contributed by atoms with Gasteiger partial charge >= 0.3 is 0 Å². The van der Waals surface area contributed by atoms with E-state index in [2.05, 4.69) is 26.7 Å². The van der Waals surface area contributed by atoms with Gasteiger partial charge in [-0.3, -0.25) is 14.7 Å². The Morgan fingerprint density at radius 2 is 2.00 bits per heavy atom. The third-order valence-electron chi connectivity index (χ3n) is 5.80. The van der Waals surface area contributed by atoms with Gasteiger partial charge in [0.1, 0.15) is 11.5 Å². The second-order valence-corrected chi connectivity index (χ2v) is 7.76. The molecule has 5 rings (SSSR count). The summed E-state index contributed by atoms with van der Waals surface area (Å²) in [6.07, 6.45) is 3.08. The number of aromatic amines is 1. The molecule has 154 valence electrons. The summed E-state index contributed by atoms with van der Waals surface area (Å²) in [6, 6.07) is 9.79. The zero-order chi connectivity index (χ0) is 21.7. The Kier molecular flexibility index (Phi) is 4.28. The fourth-order valence-corrected chi connectivity index (χ4v) is 4.13. The number of benzene rings is 2. The second-order valence-electron chi connectivity index (χ2n) is 7.76. The number of rotatable bonds is 4. The largest absolute Gasteiger partial charge is 0.364 e. The van der Waals surface area contributed by atoms with Gasteiger partial charge in [-0.25, -0.2) is 9.97 Å². The maximum atomic E-state index is 12.2. The van der Waals surface area contributed by atoms with E-state index in [4.69, 9.17) is 5.73 Å². The monoisotopic (exact) mass is 412 g/mol. The SMILES string of the molecule is C=CC(=O)N1CC(c2nc(C(N)=O)c3cc(-c4c(C)ccc5[nH]ncc45)ccc3n2)C1. The molecule has 4 aromatic rings. The van der Waals surface area contributed by atoms with E-state index in [0.29, 0.717) is 29.8 Å². The van der Waals surface area contributed by atoms with Crippen LogP contribution in [0.3, 0.4) is 0 Å². The Balaban J connectivity index is 1.61. The van der Waals surface area contributed by atoms with E-state index in [-0.39, 0.29) is 17.5 Å². The van der Waals surface area contributed by atoms with Crippen molar-refractivity contribution in [2.24, 2.45) is 5.73 Å². The van der Waals surface area contributed by atoms with Crippen LogP contribution in [0.2, 0.25) is 0 Å². The first kappa shape index (κ1) is 18.9. The quantitative estimate of drug-likeness (QED) is 0.500. The summed E-state index contributed by atoms with van der Waals surface area (Å²) in [5, 5.41) is 8.74. The standard InChI is InChI=1S/C23H20N6O2/c1-3-19(30)29-10-14(11-29)23-26-17-7-5-13(8-15(17)21(27-23)22(24)31)20-12(2)4-6-18-16(20)9-25-28-18/h3-9,14H,1,10-11H2,2H3,(H2,24,31)(H,25,28). The topological polar surface area (TPSA) is 118 Å². The van der Waals surface area contributed by atoms with Crippen molar-refractivity contribution in [1.82, 2.24) is 25.1 Å². The van der Waals surface area contributed by atoms with E-state index in [9.17, 15) is 9.59 Å². The van der Waals surface area contributed by atoms with Gasteiger partial charge < -0.3 is 10.6 Å². The Bertz CT molecular complexity index is 1380. The maximum absolute atomic E-state index is 12.2. The van der Waals surface area contributed by atoms with Crippen LogP contribution < -0.4 is 5.73 Å². The van der Waals surface area contributed by atoms with Gasteiger partial charge in [0.2, 0.25) is 5.91 Å².